The molecule has 21 heavy (non-hydrogen) atoms. The summed E-state index contributed by atoms with van der Waals surface area (Å²) in [7, 11) is 0. The second-order valence-electron chi connectivity index (χ2n) is 4.37. The highest BCUT2D eigenvalue weighted by Crippen LogP contribution is 2.23. The Morgan fingerprint density at radius 1 is 1.29 bits per heavy atom. The molecule has 2 rings (SSSR count). The van der Waals surface area contributed by atoms with Crippen molar-refractivity contribution in [3.63, 3.8) is 0 Å². The van der Waals surface area contributed by atoms with E-state index in [1.807, 2.05) is 0 Å². The van der Waals surface area contributed by atoms with Crippen molar-refractivity contribution in [3.05, 3.63) is 58.9 Å². The molecule has 0 aromatic heterocycles. The summed E-state index contributed by atoms with van der Waals surface area (Å²) in [5.74, 6) is -0.738. The first-order valence-electron chi connectivity index (χ1n) is 6.22. The average Bonchev–Trinajstić information content (AvgIpc) is 2.44. The molecule has 0 heterocycles. The molecule has 110 valence electrons. The van der Waals surface area contributed by atoms with Gasteiger partial charge in [0.15, 0.2) is 0 Å². The number of benzene rings is 2. The quantitative estimate of drug-likeness (QED) is 0.834. The molecule has 0 radical (unpaired) electrons. The fraction of sp³-hybridized carbons (Fsp3) is 0.133. The largest absolute Gasteiger partial charge is 0.399 e. The Hall–Kier alpha value is -2.11. The summed E-state index contributed by atoms with van der Waals surface area (Å²) in [6, 6.07) is 11.0. The Morgan fingerprint density at radius 2 is 2.05 bits per heavy atom. The highest BCUT2D eigenvalue weighted by Gasteiger charge is 2.07. The van der Waals surface area contributed by atoms with Gasteiger partial charge in [-0.25, -0.2) is 4.39 Å². The van der Waals surface area contributed by atoms with Gasteiger partial charge in [0.05, 0.1) is 17.3 Å². The van der Waals surface area contributed by atoms with E-state index in [2.05, 4.69) is 5.32 Å². The van der Waals surface area contributed by atoms with Gasteiger partial charge in [-0.15, -0.1) is 0 Å². The van der Waals surface area contributed by atoms with Crippen molar-refractivity contribution in [2.24, 2.45) is 0 Å². The number of halogens is 2. The average molecular weight is 309 g/mol. The summed E-state index contributed by atoms with van der Waals surface area (Å²) in [5.41, 5.74) is 6.92. The molecule has 0 aliphatic carbocycles. The molecule has 0 unspecified atom stereocenters. The highest BCUT2D eigenvalue weighted by atomic mass is 35.5. The summed E-state index contributed by atoms with van der Waals surface area (Å²) >= 11 is 5.94. The van der Waals surface area contributed by atoms with Crippen molar-refractivity contribution in [1.29, 1.82) is 0 Å². The lowest BCUT2D eigenvalue weighted by Crippen LogP contribution is -2.18. The number of carbonyl (C=O) groups excluding carboxylic acids is 1. The van der Waals surface area contributed by atoms with Crippen molar-refractivity contribution in [2.75, 3.05) is 17.7 Å². The van der Waals surface area contributed by atoms with E-state index in [1.165, 1.54) is 12.1 Å². The van der Waals surface area contributed by atoms with E-state index in [-0.39, 0.29) is 24.9 Å². The molecule has 0 fully saturated rings. The maximum absolute atomic E-state index is 13.3. The van der Waals surface area contributed by atoms with Crippen LogP contribution in [0.15, 0.2) is 42.5 Å². The molecule has 0 aliphatic heterocycles. The molecule has 3 N–H and O–H groups in total. The topological polar surface area (TPSA) is 64.3 Å². The van der Waals surface area contributed by atoms with Gasteiger partial charge in [-0.05, 0) is 24.3 Å². The van der Waals surface area contributed by atoms with Gasteiger partial charge < -0.3 is 15.8 Å². The minimum absolute atomic E-state index is 0.0234. The first-order chi connectivity index (χ1) is 10.1. The van der Waals surface area contributed by atoms with Crippen molar-refractivity contribution in [1.82, 2.24) is 0 Å². The lowest BCUT2D eigenvalue weighted by atomic mass is 10.2. The molecule has 0 atom stereocenters. The van der Waals surface area contributed by atoms with E-state index in [0.29, 0.717) is 22.0 Å². The van der Waals surface area contributed by atoms with Crippen LogP contribution < -0.4 is 11.1 Å². The number of nitrogens with one attached hydrogen (secondary N) is 1. The van der Waals surface area contributed by atoms with Crippen molar-refractivity contribution >= 4 is 28.9 Å². The summed E-state index contributed by atoms with van der Waals surface area (Å²) < 4.78 is 18.5. The number of amides is 1. The van der Waals surface area contributed by atoms with Crippen LogP contribution in [0.4, 0.5) is 15.8 Å². The fourth-order valence-electron chi connectivity index (χ4n) is 1.69. The van der Waals surface area contributed by atoms with Gasteiger partial charge in [0, 0.05) is 11.3 Å². The van der Waals surface area contributed by atoms with Crippen LogP contribution in [-0.4, -0.2) is 12.5 Å². The van der Waals surface area contributed by atoms with Gasteiger partial charge in [-0.2, -0.15) is 0 Å². The van der Waals surface area contributed by atoms with Crippen LogP contribution in [0.2, 0.25) is 5.02 Å². The second kappa shape index (κ2) is 7.06. The normalized spacial score (nSPS) is 10.4. The fourth-order valence-corrected chi connectivity index (χ4v) is 1.92. The lowest BCUT2D eigenvalue weighted by Gasteiger charge is -2.08. The maximum atomic E-state index is 13.3. The Kier molecular flexibility index (Phi) is 5.14. The van der Waals surface area contributed by atoms with E-state index < -0.39 is 0 Å². The minimum Gasteiger partial charge on any atom is -0.399 e. The molecule has 4 nitrogen and oxygen atoms in total. The molecule has 0 aliphatic rings. The molecular weight excluding hydrogens is 295 g/mol. The van der Waals surface area contributed by atoms with Gasteiger partial charge in [0.25, 0.3) is 0 Å². The minimum atomic E-state index is -0.377. The standard InChI is InChI=1S/C15H14ClFN2O2/c16-12-7-11(18)5-6-14(12)19-15(20)9-21-8-10-3-1-2-4-13(10)17/h1-7H,8-9,18H2,(H,19,20). The zero-order valence-corrected chi connectivity index (χ0v) is 11.9. The van der Waals surface area contributed by atoms with E-state index in [1.54, 1.807) is 30.3 Å². The number of nitrogens with two attached hydrogens (primary N) is 1. The molecule has 0 bridgehead atoms. The molecule has 2 aromatic rings. The molecule has 0 saturated heterocycles. The predicted octanol–water partition coefficient (Wildman–Crippen LogP) is 3.22. The van der Waals surface area contributed by atoms with Gasteiger partial charge in [-0.1, -0.05) is 29.8 Å². The predicted molar refractivity (Wildman–Crippen MR) is 80.6 cm³/mol. The van der Waals surface area contributed by atoms with Crippen LogP contribution in [0.3, 0.4) is 0 Å². The number of ether oxygens (including phenoxy) is 1. The molecule has 6 heteroatoms. The van der Waals surface area contributed by atoms with Crippen LogP contribution in [0.1, 0.15) is 5.56 Å². The number of hydrogen-bond acceptors (Lipinski definition) is 3. The Morgan fingerprint density at radius 3 is 2.76 bits per heavy atom. The van der Waals surface area contributed by atoms with Gasteiger partial charge in [0.2, 0.25) is 5.91 Å². The van der Waals surface area contributed by atoms with Crippen molar-refractivity contribution < 1.29 is 13.9 Å². The van der Waals surface area contributed by atoms with E-state index in [0.717, 1.165) is 0 Å². The van der Waals surface area contributed by atoms with Crippen LogP contribution >= 0.6 is 11.6 Å². The van der Waals surface area contributed by atoms with Crippen LogP contribution in [0, 0.1) is 5.82 Å². The third-order valence-corrected chi connectivity index (χ3v) is 3.03. The number of carbonyl (C=O) groups is 1. The zero-order valence-electron chi connectivity index (χ0n) is 11.1. The zero-order chi connectivity index (χ0) is 15.2. The molecule has 0 saturated carbocycles. The SMILES string of the molecule is Nc1ccc(NC(=O)COCc2ccccc2F)c(Cl)c1. The van der Waals surface area contributed by atoms with E-state index in [9.17, 15) is 9.18 Å². The lowest BCUT2D eigenvalue weighted by molar-refractivity contribution is -0.121. The number of anilines is 2. The first kappa shape index (κ1) is 15.3. The molecule has 1 amide bonds. The van der Waals surface area contributed by atoms with E-state index in [4.69, 9.17) is 22.1 Å². The second-order valence-corrected chi connectivity index (χ2v) is 4.78. The summed E-state index contributed by atoms with van der Waals surface area (Å²) in [5, 5.41) is 2.94. The summed E-state index contributed by atoms with van der Waals surface area (Å²) in [6.45, 7) is -0.176. The monoisotopic (exact) mass is 308 g/mol. The third kappa shape index (κ3) is 4.44. The smallest absolute Gasteiger partial charge is 0.250 e. The molecule has 0 spiro atoms. The third-order valence-electron chi connectivity index (χ3n) is 2.72. The van der Waals surface area contributed by atoms with Crippen LogP contribution in [0.5, 0.6) is 0 Å². The highest BCUT2D eigenvalue weighted by molar-refractivity contribution is 6.34. The Bertz CT molecular complexity index is 649. The van der Waals surface area contributed by atoms with E-state index >= 15 is 0 Å². The van der Waals surface area contributed by atoms with Gasteiger partial charge in [0.1, 0.15) is 12.4 Å². The number of hydrogen-bond donors (Lipinski definition) is 2. The number of rotatable bonds is 5. The van der Waals surface area contributed by atoms with Crippen LogP contribution in [0.25, 0.3) is 0 Å². The summed E-state index contributed by atoms with van der Waals surface area (Å²) in [4.78, 5) is 11.7. The van der Waals surface area contributed by atoms with Crippen molar-refractivity contribution in [3.8, 4) is 0 Å². The number of nitrogen functional groups attached to an aromatic ring is 1. The Labute approximate surface area is 126 Å². The van der Waals surface area contributed by atoms with Gasteiger partial charge in [-0.3, -0.25) is 4.79 Å². The van der Waals surface area contributed by atoms with Crippen LogP contribution in [-0.2, 0) is 16.1 Å². The summed E-state index contributed by atoms with van der Waals surface area (Å²) in [6.07, 6.45) is 0. The maximum Gasteiger partial charge on any atom is 0.250 e. The molecular formula is C15H14ClFN2O2. The van der Waals surface area contributed by atoms with Gasteiger partial charge >= 0.3 is 0 Å². The Balaban J connectivity index is 1.84. The molecule has 2 aromatic carbocycles. The first-order valence-corrected chi connectivity index (χ1v) is 6.60. The van der Waals surface area contributed by atoms with Crippen molar-refractivity contribution in [2.45, 2.75) is 6.61 Å².